The summed E-state index contributed by atoms with van der Waals surface area (Å²) in [6, 6.07) is 10.8. The smallest absolute Gasteiger partial charge is 0.239 e. The van der Waals surface area contributed by atoms with Crippen molar-refractivity contribution in [1.29, 1.82) is 0 Å². The number of carbonyl (C=O) groups is 1. The van der Waals surface area contributed by atoms with Crippen LogP contribution in [0.25, 0.3) is 0 Å². The van der Waals surface area contributed by atoms with Gasteiger partial charge in [-0.3, -0.25) is 4.79 Å². The van der Waals surface area contributed by atoms with Crippen LogP contribution in [-0.2, 0) is 14.6 Å². The molecule has 0 spiro atoms. The zero-order valence-corrected chi connectivity index (χ0v) is 14.0. The van der Waals surface area contributed by atoms with E-state index in [0.29, 0.717) is 15.7 Å². The Kier molecular flexibility index (Phi) is 5.11. The summed E-state index contributed by atoms with van der Waals surface area (Å²) in [6.45, 7) is 1.85. The molecule has 116 valence electrons. The summed E-state index contributed by atoms with van der Waals surface area (Å²) in [6.07, 6.45) is 0. The highest BCUT2D eigenvalue weighted by Gasteiger charge is 2.19. The maximum atomic E-state index is 12.2. The lowest BCUT2D eigenvalue weighted by Gasteiger charge is -2.07. The Morgan fingerprint density at radius 1 is 1.05 bits per heavy atom. The van der Waals surface area contributed by atoms with Gasteiger partial charge in [0.25, 0.3) is 0 Å². The van der Waals surface area contributed by atoms with Crippen molar-refractivity contribution in [1.82, 2.24) is 0 Å². The minimum Gasteiger partial charge on any atom is -0.325 e. The van der Waals surface area contributed by atoms with Gasteiger partial charge >= 0.3 is 0 Å². The highest BCUT2D eigenvalue weighted by molar-refractivity contribution is 7.92. The molecular formula is C15H13Cl2NO3S. The number of hydrogen-bond donors (Lipinski definition) is 1. The number of carbonyl (C=O) groups excluding carboxylic acids is 1. The van der Waals surface area contributed by atoms with E-state index in [1.165, 1.54) is 30.3 Å². The zero-order valence-electron chi connectivity index (χ0n) is 11.6. The van der Waals surface area contributed by atoms with E-state index in [0.717, 1.165) is 5.56 Å². The fourth-order valence-corrected chi connectivity index (χ4v) is 3.49. The molecule has 1 N–H and O–H groups in total. The largest absolute Gasteiger partial charge is 0.325 e. The van der Waals surface area contributed by atoms with Crippen LogP contribution in [0.5, 0.6) is 0 Å². The molecule has 7 heteroatoms. The number of anilines is 1. The number of nitrogens with one attached hydrogen (secondary N) is 1. The second kappa shape index (κ2) is 6.69. The van der Waals surface area contributed by atoms with Gasteiger partial charge in [-0.2, -0.15) is 0 Å². The van der Waals surface area contributed by atoms with Crippen LogP contribution in [0.3, 0.4) is 0 Å². The fraction of sp³-hybridized carbons (Fsp3) is 0.133. The summed E-state index contributed by atoms with van der Waals surface area (Å²) in [4.78, 5) is 12.0. The maximum absolute atomic E-state index is 12.2. The zero-order chi connectivity index (χ0) is 16.3. The summed E-state index contributed by atoms with van der Waals surface area (Å²) in [7, 11) is -3.69. The number of sulfone groups is 1. The summed E-state index contributed by atoms with van der Waals surface area (Å²) < 4.78 is 24.3. The first-order valence-corrected chi connectivity index (χ1v) is 8.72. The van der Waals surface area contributed by atoms with Crippen molar-refractivity contribution < 1.29 is 13.2 Å². The van der Waals surface area contributed by atoms with Gasteiger partial charge < -0.3 is 5.32 Å². The molecule has 0 aromatic heterocycles. The van der Waals surface area contributed by atoms with Crippen molar-refractivity contribution in [2.24, 2.45) is 0 Å². The van der Waals surface area contributed by atoms with Crippen molar-refractivity contribution in [3.63, 3.8) is 0 Å². The first-order valence-electron chi connectivity index (χ1n) is 6.32. The number of aryl methyl sites for hydroxylation is 1. The lowest BCUT2D eigenvalue weighted by atomic mass is 10.2. The Morgan fingerprint density at radius 2 is 1.59 bits per heavy atom. The minimum atomic E-state index is -3.69. The van der Waals surface area contributed by atoms with Crippen LogP contribution in [0.4, 0.5) is 5.69 Å². The van der Waals surface area contributed by atoms with Gasteiger partial charge in [0.2, 0.25) is 5.91 Å². The molecule has 0 unspecified atom stereocenters. The second-order valence-electron chi connectivity index (χ2n) is 4.78. The minimum absolute atomic E-state index is 0.109. The second-order valence-corrected chi connectivity index (χ2v) is 7.64. The molecule has 2 aromatic rings. The first kappa shape index (κ1) is 16.8. The summed E-state index contributed by atoms with van der Waals surface area (Å²) >= 11 is 11.6. The molecule has 0 atom stereocenters. The highest BCUT2D eigenvalue weighted by atomic mass is 35.5. The average molecular weight is 358 g/mol. The normalized spacial score (nSPS) is 11.2. The van der Waals surface area contributed by atoms with Gasteiger partial charge in [0.15, 0.2) is 9.84 Å². The maximum Gasteiger partial charge on any atom is 0.239 e. The van der Waals surface area contributed by atoms with Gasteiger partial charge in [-0.1, -0.05) is 40.9 Å². The number of hydrogen-bond acceptors (Lipinski definition) is 3. The van der Waals surface area contributed by atoms with E-state index in [2.05, 4.69) is 5.32 Å². The first-order chi connectivity index (χ1) is 10.3. The van der Waals surface area contributed by atoms with Crippen molar-refractivity contribution in [3.8, 4) is 0 Å². The molecular weight excluding hydrogens is 345 g/mol. The van der Waals surface area contributed by atoms with Crippen LogP contribution in [0.15, 0.2) is 47.4 Å². The molecule has 1 amide bonds. The van der Waals surface area contributed by atoms with Crippen LogP contribution >= 0.6 is 23.2 Å². The fourth-order valence-electron chi connectivity index (χ4n) is 1.82. The molecule has 0 aliphatic rings. The van der Waals surface area contributed by atoms with E-state index in [9.17, 15) is 13.2 Å². The predicted molar refractivity (Wildman–Crippen MR) is 88.3 cm³/mol. The summed E-state index contributed by atoms with van der Waals surface area (Å²) in [5, 5.41) is 3.18. The van der Waals surface area contributed by atoms with Crippen LogP contribution in [0, 0.1) is 6.92 Å². The Morgan fingerprint density at radius 3 is 2.14 bits per heavy atom. The third-order valence-electron chi connectivity index (χ3n) is 2.85. The van der Waals surface area contributed by atoms with E-state index in [4.69, 9.17) is 23.2 Å². The van der Waals surface area contributed by atoms with E-state index in [1.54, 1.807) is 12.1 Å². The molecule has 4 nitrogen and oxygen atoms in total. The van der Waals surface area contributed by atoms with Crippen molar-refractivity contribution in [2.75, 3.05) is 11.1 Å². The molecule has 0 aliphatic heterocycles. The van der Waals surface area contributed by atoms with E-state index < -0.39 is 21.5 Å². The lowest BCUT2D eigenvalue weighted by molar-refractivity contribution is -0.113. The van der Waals surface area contributed by atoms with Crippen LogP contribution in [-0.4, -0.2) is 20.1 Å². The van der Waals surface area contributed by atoms with Gasteiger partial charge in [0, 0.05) is 15.7 Å². The van der Waals surface area contributed by atoms with E-state index >= 15 is 0 Å². The third-order valence-corrected chi connectivity index (χ3v) is 4.92. The van der Waals surface area contributed by atoms with E-state index in [1.807, 2.05) is 6.92 Å². The third kappa shape index (κ3) is 4.47. The Labute approximate surface area is 139 Å². The van der Waals surface area contributed by atoms with Crippen LogP contribution < -0.4 is 5.32 Å². The van der Waals surface area contributed by atoms with Crippen molar-refractivity contribution in [2.45, 2.75) is 11.8 Å². The molecule has 22 heavy (non-hydrogen) atoms. The molecule has 2 rings (SSSR count). The van der Waals surface area contributed by atoms with E-state index in [-0.39, 0.29) is 4.90 Å². The molecule has 0 radical (unpaired) electrons. The Hall–Kier alpha value is -1.56. The highest BCUT2D eigenvalue weighted by Crippen LogP contribution is 2.22. The topological polar surface area (TPSA) is 63.2 Å². The molecule has 2 aromatic carbocycles. The average Bonchev–Trinajstić information content (AvgIpc) is 2.36. The quantitative estimate of drug-likeness (QED) is 0.906. The van der Waals surface area contributed by atoms with Crippen molar-refractivity contribution in [3.05, 3.63) is 58.1 Å². The van der Waals surface area contributed by atoms with Gasteiger partial charge in [0.05, 0.1) is 4.90 Å². The number of amides is 1. The standard InChI is InChI=1S/C15H13Cl2NO3S/c1-10-2-4-14(5-3-10)22(20,21)9-15(19)18-13-7-11(16)6-12(17)8-13/h2-8H,9H2,1H3,(H,18,19). The Balaban J connectivity index is 2.12. The number of halogens is 2. The Bertz CT molecular complexity index is 782. The number of benzene rings is 2. The molecule has 0 fully saturated rings. The van der Waals surface area contributed by atoms with Gasteiger partial charge in [0.1, 0.15) is 5.75 Å². The van der Waals surface area contributed by atoms with Crippen LogP contribution in [0.1, 0.15) is 5.56 Å². The van der Waals surface area contributed by atoms with Gasteiger partial charge in [-0.05, 0) is 37.3 Å². The summed E-state index contributed by atoms with van der Waals surface area (Å²) in [5.74, 6) is -1.31. The SMILES string of the molecule is Cc1ccc(S(=O)(=O)CC(=O)Nc2cc(Cl)cc(Cl)c2)cc1. The molecule has 0 bridgehead atoms. The molecule has 0 saturated carbocycles. The molecule has 0 heterocycles. The predicted octanol–water partition coefficient (Wildman–Crippen LogP) is 3.71. The molecule has 0 aliphatic carbocycles. The van der Waals surface area contributed by atoms with Crippen LogP contribution in [0.2, 0.25) is 10.0 Å². The van der Waals surface area contributed by atoms with Gasteiger partial charge in [-0.15, -0.1) is 0 Å². The van der Waals surface area contributed by atoms with Crippen molar-refractivity contribution >= 4 is 44.6 Å². The lowest BCUT2D eigenvalue weighted by Crippen LogP contribution is -2.23. The number of rotatable bonds is 4. The summed E-state index contributed by atoms with van der Waals surface area (Å²) in [5.41, 5.74) is 1.29. The van der Waals surface area contributed by atoms with Gasteiger partial charge in [-0.25, -0.2) is 8.42 Å². The monoisotopic (exact) mass is 357 g/mol. The molecule has 0 saturated heterocycles.